The van der Waals surface area contributed by atoms with Crippen LogP contribution in [0.4, 0.5) is 0 Å². The van der Waals surface area contributed by atoms with Crippen molar-refractivity contribution in [1.29, 1.82) is 0 Å². The molecule has 0 atom stereocenters. The molecule has 0 fully saturated rings. The van der Waals surface area contributed by atoms with E-state index in [0.717, 1.165) is 5.56 Å². The summed E-state index contributed by atoms with van der Waals surface area (Å²) in [5.41, 5.74) is 2.53. The Bertz CT molecular complexity index is 279. The highest BCUT2D eigenvalue weighted by Gasteiger charge is 2.00. The summed E-state index contributed by atoms with van der Waals surface area (Å²) in [7, 11) is 0. The van der Waals surface area contributed by atoms with Gasteiger partial charge in [0.2, 0.25) is 0 Å². The lowest BCUT2D eigenvalue weighted by molar-refractivity contribution is 0.319. The van der Waals surface area contributed by atoms with Gasteiger partial charge in [0.15, 0.2) is 0 Å². The van der Waals surface area contributed by atoms with Gasteiger partial charge in [0, 0.05) is 5.56 Å². The number of hydrogen-bond acceptors (Lipinski definition) is 2. The van der Waals surface area contributed by atoms with Crippen molar-refractivity contribution >= 4 is 17.3 Å². The highest BCUT2D eigenvalue weighted by atomic mass is 35.5. The molecule has 0 aliphatic heterocycles. The monoisotopic (exact) mass is 183 g/mol. The Labute approximate surface area is 76.5 Å². The number of oxime groups is 1. The summed E-state index contributed by atoms with van der Waals surface area (Å²) < 4.78 is 0. The van der Waals surface area contributed by atoms with Gasteiger partial charge in [-0.15, -0.1) is 11.6 Å². The van der Waals surface area contributed by atoms with E-state index in [2.05, 4.69) is 5.16 Å². The van der Waals surface area contributed by atoms with Gasteiger partial charge in [0.05, 0.1) is 5.88 Å². The Hall–Kier alpha value is -1.02. The average Bonchev–Trinajstić information content (AvgIpc) is 2.10. The summed E-state index contributed by atoms with van der Waals surface area (Å²) in [5, 5.41) is 11.6. The fraction of sp³-hybridized carbons (Fsp3) is 0.222. The maximum absolute atomic E-state index is 8.55. The van der Waals surface area contributed by atoms with Gasteiger partial charge in [-0.1, -0.05) is 35.0 Å². The zero-order valence-corrected chi connectivity index (χ0v) is 7.54. The minimum atomic E-state index is 0.222. The SMILES string of the molecule is Cc1ccc(/C(CCl)=N\O)cc1. The summed E-state index contributed by atoms with van der Waals surface area (Å²) in [4.78, 5) is 0. The van der Waals surface area contributed by atoms with Crippen LogP contribution in [0.1, 0.15) is 11.1 Å². The Balaban J connectivity index is 2.96. The summed E-state index contributed by atoms with van der Waals surface area (Å²) in [6.07, 6.45) is 0. The first kappa shape index (κ1) is 9.07. The third-order valence-electron chi connectivity index (χ3n) is 1.63. The van der Waals surface area contributed by atoms with Crippen molar-refractivity contribution in [3.05, 3.63) is 35.4 Å². The average molecular weight is 184 g/mol. The van der Waals surface area contributed by atoms with Crippen molar-refractivity contribution in [2.24, 2.45) is 5.16 Å². The first-order valence-corrected chi connectivity index (χ1v) is 4.15. The first-order chi connectivity index (χ1) is 5.77. The van der Waals surface area contributed by atoms with E-state index in [0.29, 0.717) is 5.71 Å². The summed E-state index contributed by atoms with van der Waals surface area (Å²) in [6, 6.07) is 7.67. The summed E-state index contributed by atoms with van der Waals surface area (Å²) in [5.74, 6) is 0.222. The lowest BCUT2D eigenvalue weighted by Gasteiger charge is -1.99. The Morgan fingerprint density at radius 1 is 1.42 bits per heavy atom. The molecule has 12 heavy (non-hydrogen) atoms. The second kappa shape index (κ2) is 4.12. The largest absolute Gasteiger partial charge is 0.411 e. The van der Waals surface area contributed by atoms with Gasteiger partial charge in [-0.2, -0.15) is 0 Å². The second-order valence-corrected chi connectivity index (χ2v) is 2.81. The fourth-order valence-electron chi connectivity index (χ4n) is 0.908. The van der Waals surface area contributed by atoms with Crippen molar-refractivity contribution in [2.75, 3.05) is 5.88 Å². The van der Waals surface area contributed by atoms with Crippen LogP contribution in [0, 0.1) is 6.92 Å². The smallest absolute Gasteiger partial charge is 0.101 e. The molecular formula is C9H10ClNO. The highest BCUT2D eigenvalue weighted by Crippen LogP contribution is 2.05. The van der Waals surface area contributed by atoms with Crippen LogP contribution >= 0.6 is 11.6 Å². The molecule has 3 heteroatoms. The van der Waals surface area contributed by atoms with Crippen LogP contribution in [0.3, 0.4) is 0 Å². The Morgan fingerprint density at radius 2 is 2.00 bits per heavy atom. The summed E-state index contributed by atoms with van der Waals surface area (Å²) >= 11 is 5.55. The normalized spacial score (nSPS) is 11.7. The maximum Gasteiger partial charge on any atom is 0.101 e. The molecule has 0 spiro atoms. The first-order valence-electron chi connectivity index (χ1n) is 3.62. The number of halogens is 1. The van der Waals surface area contributed by atoms with Crippen molar-refractivity contribution in [2.45, 2.75) is 6.92 Å². The number of benzene rings is 1. The minimum absolute atomic E-state index is 0.222. The van der Waals surface area contributed by atoms with Crippen LogP contribution < -0.4 is 0 Å². The molecule has 1 N–H and O–H groups in total. The zero-order valence-electron chi connectivity index (χ0n) is 6.79. The molecule has 1 aromatic carbocycles. The van der Waals surface area contributed by atoms with Crippen LogP contribution in [0.25, 0.3) is 0 Å². The number of nitrogens with zero attached hydrogens (tertiary/aromatic N) is 1. The topological polar surface area (TPSA) is 32.6 Å². The van der Waals surface area contributed by atoms with Gasteiger partial charge >= 0.3 is 0 Å². The molecule has 0 aromatic heterocycles. The van der Waals surface area contributed by atoms with Crippen LogP contribution in [0.15, 0.2) is 29.4 Å². The maximum atomic E-state index is 8.55. The predicted molar refractivity (Wildman–Crippen MR) is 50.2 cm³/mol. The number of rotatable bonds is 2. The lowest BCUT2D eigenvalue weighted by atomic mass is 10.1. The van der Waals surface area contributed by atoms with E-state index in [9.17, 15) is 0 Å². The molecule has 0 aliphatic rings. The molecule has 0 radical (unpaired) electrons. The molecular weight excluding hydrogens is 174 g/mol. The molecule has 0 unspecified atom stereocenters. The van der Waals surface area contributed by atoms with Gasteiger partial charge in [-0.3, -0.25) is 0 Å². The second-order valence-electron chi connectivity index (χ2n) is 2.55. The molecule has 0 bridgehead atoms. The molecule has 0 aliphatic carbocycles. The van der Waals surface area contributed by atoms with Crippen LogP contribution in [0.5, 0.6) is 0 Å². The van der Waals surface area contributed by atoms with Gasteiger partial charge < -0.3 is 5.21 Å². The van der Waals surface area contributed by atoms with E-state index < -0.39 is 0 Å². The van der Waals surface area contributed by atoms with Gasteiger partial charge in [-0.25, -0.2) is 0 Å². The van der Waals surface area contributed by atoms with Crippen molar-refractivity contribution in [3.8, 4) is 0 Å². The third kappa shape index (κ3) is 1.98. The van der Waals surface area contributed by atoms with Crippen LogP contribution in [-0.2, 0) is 0 Å². The number of alkyl halides is 1. The lowest BCUT2D eigenvalue weighted by Crippen LogP contribution is -2.01. The number of aryl methyl sites for hydroxylation is 1. The van der Waals surface area contributed by atoms with E-state index in [-0.39, 0.29) is 5.88 Å². The molecule has 0 amide bonds. The standard InChI is InChI=1S/C9H10ClNO/c1-7-2-4-8(5-3-7)9(6-10)11-12/h2-5,12H,6H2,1H3/b11-9-. The van der Waals surface area contributed by atoms with Gasteiger partial charge in [0.25, 0.3) is 0 Å². The molecule has 1 aromatic rings. The minimum Gasteiger partial charge on any atom is -0.411 e. The molecule has 0 saturated heterocycles. The van der Waals surface area contributed by atoms with E-state index in [4.69, 9.17) is 16.8 Å². The Kier molecular flexibility index (Phi) is 3.11. The molecule has 1 rings (SSSR count). The van der Waals surface area contributed by atoms with E-state index in [1.807, 2.05) is 31.2 Å². The Morgan fingerprint density at radius 3 is 2.42 bits per heavy atom. The van der Waals surface area contributed by atoms with E-state index in [1.165, 1.54) is 5.56 Å². The van der Waals surface area contributed by atoms with Crippen molar-refractivity contribution in [3.63, 3.8) is 0 Å². The molecule has 2 nitrogen and oxygen atoms in total. The molecule has 64 valence electrons. The summed E-state index contributed by atoms with van der Waals surface area (Å²) in [6.45, 7) is 2.00. The third-order valence-corrected chi connectivity index (χ3v) is 1.89. The van der Waals surface area contributed by atoms with Gasteiger partial charge in [0.1, 0.15) is 5.71 Å². The van der Waals surface area contributed by atoms with E-state index >= 15 is 0 Å². The zero-order chi connectivity index (χ0) is 8.97. The molecule has 0 heterocycles. The van der Waals surface area contributed by atoms with E-state index in [1.54, 1.807) is 0 Å². The van der Waals surface area contributed by atoms with Crippen molar-refractivity contribution in [1.82, 2.24) is 0 Å². The van der Waals surface area contributed by atoms with Crippen LogP contribution in [0.2, 0.25) is 0 Å². The quantitative estimate of drug-likeness (QED) is 0.325. The predicted octanol–water partition coefficient (Wildman–Crippen LogP) is 2.41. The number of hydrogen-bond donors (Lipinski definition) is 1. The van der Waals surface area contributed by atoms with Crippen LogP contribution in [-0.4, -0.2) is 16.8 Å². The van der Waals surface area contributed by atoms with Crippen molar-refractivity contribution < 1.29 is 5.21 Å². The van der Waals surface area contributed by atoms with Gasteiger partial charge in [-0.05, 0) is 6.92 Å². The highest BCUT2D eigenvalue weighted by molar-refractivity contribution is 6.31. The molecule has 0 saturated carbocycles. The fourth-order valence-corrected chi connectivity index (χ4v) is 1.12.